The Labute approximate surface area is 242 Å². The Morgan fingerprint density at radius 3 is 1.10 bits per heavy atom. The molecule has 220 valence electrons. The van der Waals surface area contributed by atoms with Crippen LogP contribution in [0.5, 0.6) is 0 Å². The molecule has 0 heterocycles. The summed E-state index contributed by atoms with van der Waals surface area (Å²) in [6, 6.07) is 40.0. The normalized spacial score (nSPS) is 13.3. The van der Waals surface area contributed by atoms with Gasteiger partial charge in [0.25, 0.3) is 0 Å². The molecule has 4 aromatic carbocycles. The fourth-order valence-corrected chi connectivity index (χ4v) is 4.72. The number of rotatable bonds is 9. The molecule has 11 heteroatoms. The van der Waals surface area contributed by atoms with Gasteiger partial charge in [0.2, 0.25) is 0 Å². The van der Waals surface area contributed by atoms with Gasteiger partial charge in [-0.05, 0) is 29.2 Å². The van der Waals surface area contributed by atoms with Gasteiger partial charge in [-0.15, -0.1) is 0 Å². The first-order chi connectivity index (χ1) is 19.6. The Balaban J connectivity index is 0.000000653. The first kappa shape index (κ1) is 34.6. The lowest BCUT2D eigenvalue weighted by Gasteiger charge is -2.49. The molecule has 0 amide bonds. The van der Waals surface area contributed by atoms with Gasteiger partial charge < -0.3 is 44.3 Å². The number of benzene rings is 4. The molecule has 4 aromatic rings. The fourth-order valence-electron chi connectivity index (χ4n) is 4.72. The number of aliphatic hydroxyl groups is 2. The number of aliphatic hydroxyl groups excluding tert-OH is 1. The lowest BCUT2D eigenvalue weighted by molar-refractivity contribution is -0.109. The largest absolute Gasteiger partial charge is 0.394 e. The Morgan fingerprint density at radius 2 is 0.829 bits per heavy atom. The second-order valence-electron chi connectivity index (χ2n) is 8.92. The molecule has 2 unspecified atom stereocenters. The van der Waals surface area contributed by atoms with E-state index in [1.807, 2.05) is 84.9 Å². The zero-order valence-corrected chi connectivity index (χ0v) is 24.2. The molecule has 9 nitrogen and oxygen atoms in total. The van der Waals surface area contributed by atoms with Crippen LogP contribution in [0.3, 0.4) is 0 Å². The van der Waals surface area contributed by atoms with Crippen molar-refractivity contribution in [2.45, 2.75) is 24.0 Å². The van der Waals surface area contributed by atoms with Gasteiger partial charge in [-0.25, -0.2) is 0 Å². The Kier molecular flexibility index (Phi) is 14.6. The van der Waals surface area contributed by atoms with Gasteiger partial charge in [-0.3, -0.25) is 0 Å². The smallest absolute Gasteiger partial charge is 0.324 e. The summed E-state index contributed by atoms with van der Waals surface area (Å²) in [5, 5.41) is 22.5. The second-order valence-corrected chi connectivity index (χ2v) is 9.99. The van der Waals surface area contributed by atoms with Crippen LogP contribution in [-0.2, 0) is 15.8 Å². The van der Waals surface area contributed by atoms with Crippen LogP contribution in [0.15, 0.2) is 121 Å². The highest BCUT2D eigenvalue weighted by molar-refractivity contribution is 7.38. The summed E-state index contributed by atoms with van der Waals surface area (Å²) in [4.78, 5) is 43.4. The summed E-state index contributed by atoms with van der Waals surface area (Å²) in [7, 11) is -5.24. The summed E-state index contributed by atoms with van der Waals surface area (Å²) in [5.41, 5.74) is 1.14. The summed E-state index contributed by atoms with van der Waals surface area (Å²) in [6.45, 7) is 1.68. The van der Waals surface area contributed by atoms with Crippen LogP contribution in [0.2, 0.25) is 0 Å². The summed E-state index contributed by atoms with van der Waals surface area (Å²) in [5.74, 6) is 0. The summed E-state index contributed by atoms with van der Waals surface area (Å²) >= 11 is 0. The van der Waals surface area contributed by atoms with Gasteiger partial charge in [0, 0.05) is 0 Å². The summed E-state index contributed by atoms with van der Waals surface area (Å²) < 4.78 is 6.08. The highest BCUT2D eigenvalue weighted by Crippen LogP contribution is 2.52. The van der Waals surface area contributed by atoms with E-state index in [1.165, 1.54) is 0 Å². The molecule has 0 saturated heterocycles. The third-order valence-electron chi connectivity index (χ3n) is 6.33. The minimum atomic E-state index is -2.62. The molecule has 0 aliphatic rings. The third-order valence-corrected chi connectivity index (χ3v) is 6.33. The molecule has 2 atom stereocenters. The van der Waals surface area contributed by atoms with E-state index >= 15 is 0 Å². The molecule has 0 fully saturated rings. The molecule has 41 heavy (non-hydrogen) atoms. The Morgan fingerprint density at radius 1 is 0.561 bits per heavy atom. The van der Waals surface area contributed by atoms with Crippen molar-refractivity contribution in [2.75, 3.05) is 13.2 Å². The molecular weight excluding hydrogens is 566 g/mol. The van der Waals surface area contributed by atoms with Crippen LogP contribution in [0.25, 0.3) is 0 Å². The SMILES string of the molecule is CC(CO)OCC(O)(c1ccccc1)C(c1ccccc1)(c1ccccc1)c1ccccc1.OP(O)O.OP(O)O. The van der Waals surface area contributed by atoms with Gasteiger partial charge in [0.15, 0.2) is 0 Å². The van der Waals surface area contributed by atoms with E-state index in [0.717, 1.165) is 22.3 Å². The number of ether oxygens (including phenoxy) is 1. The predicted octanol–water partition coefficient (Wildman–Crippen LogP) is 3.69. The topological polar surface area (TPSA) is 171 Å². The van der Waals surface area contributed by atoms with E-state index in [-0.39, 0.29) is 13.2 Å². The van der Waals surface area contributed by atoms with Crippen LogP contribution in [0, 0.1) is 0 Å². The van der Waals surface area contributed by atoms with Crippen LogP contribution < -0.4 is 0 Å². The van der Waals surface area contributed by atoms with Crippen LogP contribution >= 0.6 is 17.2 Å². The van der Waals surface area contributed by atoms with Crippen molar-refractivity contribution in [1.29, 1.82) is 0 Å². The van der Waals surface area contributed by atoms with Crippen molar-refractivity contribution in [3.05, 3.63) is 144 Å². The monoisotopic (exact) mass is 602 g/mol. The Bertz CT molecular complexity index is 1130. The maximum Gasteiger partial charge on any atom is 0.324 e. The zero-order valence-electron chi connectivity index (χ0n) is 22.4. The second kappa shape index (κ2) is 17.4. The molecule has 0 bridgehead atoms. The molecule has 0 saturated carbocycles. The fraction of sp³-hybridized carbons (Fsp3) is 0.200. The van der Waals surface area contributed by atoms with Crippen molar-refractivity contribution >= 4 is 17.2 Å². The highest BCUT2D eigenvalue weighted by atomic mass is 31.2. The minimum absolute atomic E-state index is 0.00256. The van der Waals surface area contributed by atoms with Crippen LogP contribution in [0.1, 0.15) is 29.2 Å². The van der Waals surface area contributed by atoms with Crippen molar-refractivity contribution in [2.24, 2.45) is 0 Å². The van der Waals surface area contributed by atoms with E-state index in [9.17, 15) is 10.2 Å². The average Bonchev–Trinajstić information content (AvgIpc) is 2.98. The Hall–Kier alpha value is -2.62. The van der Waals surface area contributed by atoms with Gasteiger partial charge in [0.1, 0.15) is 5.60 Å². The quantitative estimate of drug-likeness (QED) is 0.105. The predicted molar refractivity (Wildman–Crippen MR) is 159 cm³/mol. The average molecular weight is 603 g/mol. The standard InChI is InChI=1S/C30H30O3.2H3O3P/c1-24(22-31)33-23-29(32,25-14-6-2-7-15-25)30(26-16-8-3-9-17-26,27-18-10-4-11-19-27)28-20-12-5-13-21-28;2*1-4(2)3/h2-21,24,31-32H,22-23H2,1H3;2*1-3H. The number of hydrogen-bond acceptors (Lipinski definition) is 9. The summed E-state index contributed by atoms with van der Waals surface area (Å²) in [6.07, 6.45) is -0.416. The molecule has 0 aliphatic carbocycles. The van der Waals surface area contributed by atoms with E-state index in [0.29, 0.717) is 0 Å². The lowest BCUT2D eigenvalue weighted by Crippen LogP contribution is -2.54. The van der Waals surface area contributed by atoms with E-state index in [1.54, 1.807) is 6.92 Å². The molecule has 0 spiro atoms. The van der Waals surface area contributed by atoms with Crippen LogP contribution in [-0.4, -0.2) is 58.9 Å². The molecule has 0 aromatic heterocycles. The first-order valence-electron chi connectivity index (χ1n) is 12.5. The molecule has 8 N–H and O–H groups in total. The van der Waals surface area contributed by atoms with Crippen molar-refractivity contribution in [3.8, 4) is 0 Å². The first-order valence-corrected chi connectivity index (χ1v) is 14.9. The molecule has 0 radical (unpaired) electrons. The minimum Gasteiger partial charge on any atom is -0.394 e. The zero-order chi connectivity index (χ0) is 30.3. The van der Waals surface area contributed by atoms with Gasteiger partial charge in [0.05, 0.1) is 24.7 Å². The van der Waals surface area contributed by atoms with Gasteiger partial charge in [-0.2, -0.15) is 0 Å². The maximum absolute atomic E-state index is 12.9. The van der Waals surface area contributed by atoms with Crippen LogP contribution in [0.4, 0.5) is 0 Å². The molecular formula is C30H36O9P2. The van der Waals surface area contributed by atoms with E-state index in [2.05, 4.69) is 36.4 Å². The van der Waals surface area contributed by atoms with Gasteiger partial charge in [-0.1, -0.05) is 121 Å². The van der Waals surface area contributed by atoms with Crippen molar-refractivity contribution < 1.29 is 44.3 Å². The number of hydrogen-bond donors (Lipinski definition) is 8. The van der Waals surface area contributed by atoms with E-state index < -0.39 is 34.3 Å². The van der Waals surface area contributed by atoms with Gasteiger partial charge >= 0.3 is 17.2 Å². The van der Waals surface area contributed by atoms with E-state index in [4.69, 9.17) is 34.1 Å². The molecule has 4 rings (SSSR count). The highest BCUT2D eigenvalue weighted by Gasteiger charge is 2.55. The molecule has 0 aliphatic heterocycles. The van der Waals surface area contributed by atoms with Crippen molar-refractivity contribution in [1.82, 2.24) is 0 Å². The maximum atomic E-state index is 12.9. The third kappa shape index (κ3) is 9.45. The van der Waals surface area contributed by atoms with Crippen molar-refractivity contribution in [3.63, 3.8) is 0 Å². The lowest BCUT2D eigenvalue weighted by atomic mass is 9.57.